The molecule has 15 heavy (non-hydrogen) atoms. The van der Waals surface area contributed by atoms with Crippen molar-refractivity contribution in [2.45, 2.75) is 58.9 Å². The van der Waals surface area contributed by atoms with E-state index in [-0.39, 0.29) is 18.1 Å². The smallest absolute Gasteiger partial charge is 0.0437 e. The maximum atomic E-state index is 9.28. The topological polar surface area (TPSA) is 46.2 Å². The molecule has 0 aliphatic heterocycles. The summed E-state index contributed by atoms with van der Waals surface area (Å²) in [5.74, 6) is 1.40. The summed E-state index contributed by atoms with van der Waals surface area (Å²) in [6.45, 7) is 7.11. The van der Waals surface area contributed by atoms with Crippen LogP contribution in [0.5, 0.6) is 0 Å². The van der Waals surface area contributed by atoms with Gasteiger partial charge in [0.25, 0.3) is 0 Å². The van der Waals surface area contributed by atoms with Crippen molar-refractivity contribution >= 4 is 0 Å². The molecule has 1 saturated carbocycles. The monoisotopic (exact) mass is 213 g/mol. The Bertz CT molecular complexity index is 191. The fourth-order valence-electron chi connectivity index (χ4n) is 3.47. The van der Waals surface area contributed by atoms with Crippen LogP contribution in [0.3, 0.4) is 0 Å². The molecule has 1 aliphatic rings. The van der Waals surface area contributed by atoms with Crippen molar-refractivity contribution in [1.82, 2.24) is 0 Å². The predicted octanol–water partition coefficient (Wildman–Crippen LogP) is 2.55. The Morgan fingerprint density at radius 3 is 2.67 bits per heavy atom. The average Bonchev–Trinajstić information content (AvgIpc) is 2.24. The van der Waals surface area contributed by atoms with Gasteiger partial charge in [0.05, 0.1) is 0 Å². The van der Waals surface area contributed by atoms with Gasteiger partial charge >= 0.3 is 0 Å². The zero-order valence-corrected chi connectivity index (χ0v) is 10.5. The number of aliphatic hydroxyl groups is 1. The van der Waals surface area contributed by atoms with E-state index in [2.05, 4.69) is 20.8 Å². The van der Waals surface area contributed by atoms with E-state index in [4.69, 9.17) is 5.73 Å². The minimum Gasteiger partial charge on any atom is -0.396 e. The second-order valence-corrected chi connectivity index (χ2v) is 5.38. The first-order chi connectivity index (χ1) is 7.08. The maximum absolute atomic E-state index is 9.28. The minimum atomic E-state index is 0.196. The van der Waals surface area contributed by atoms with Crippen molar-refractivity contribution in [3.8, 4) is 0 Å². The molecule has 0 aromatic carbocycles. The van der Waals surface area contributed by atoms with Crippen LogP contribution in [-0.4, -0.2) is 17.8 Å². The van der Waals surface area contributed by atoms with E-state index in [0.29, 0.717) is 5.92 Å². The third kappa shape index (κ3) is 2.36. The lowest BCUT2D eigenvalue weighted by molar-refractivity contribution is 0.00963. The van der Waals surface area contributed by atoms with Crippen LogP contribution >= 0.6 is 0 Å². The van der Waals surface area contributed by atoms with E-state index in [1.54, 1.807) is 0 Å². The lowest BCUT2D eigenvalue weighted by Crippen LogP contribution is -2.50. The van der Waals surface area contributed by atoms with E-state index < -0.39 is 0 Å². The molecule has 1 fully saturated rings. The fraction of sp³-hybridized carbons (Fsp3) is 1.00. The minimum absolute atomic E-state index is 0.196. The molecule has 0 aromatic heterocycles. The molecule has 3 N–H and O–H groups in total. The summed E-state index contributed by atoms with van der Waals surface area (Å²) in [5.41, 5.74) is 6.51. The molecule has 0 aromatic rings. The summed E-state index contributed by atoms with van der Waals surface area (Å²) in [7, 11) is 0. The van der Waals surface area contributed by atoms with Gasteiger partial charge in [0.2, 0.25) is 0 Å². The number of hydrogen-bond donors (Lipinski definition) is 2. The zero-order valence-electron chi connectivity index (χ0n) is 10.5. The molecule has 2 heteroatoms. The molecule has 90 valence electrons. The number of aliphatic hydroxyl groups excluding tert-OH is 1. The van der Waals surface area contributed by atoms with Crippen LogP contribution in [0.2, 0.25) is 0 Å². The van der Waals surface area contributed by atoms with Crippen LogP contribution in [0.25, 0.3) is 0 Å². The Morgan fingerprint density at radius 1 is 1.47 bits per heavy atom. The third-order valence-electron chi connectivity index (χ3n) is 4.82. The molecule has 0 saturated heterocycles. The van der Waals surface area contributed by atoms with E-state index in [9.17, 15) is 5.11 Å². The van der Waals surface area contributed by atoms with Gasteiger partial charge in [-0.2, -0.15) is 0 Å². The van der Waals surface area contributed by atoms with Crippen molar-refractivity contribution in [2.24, 2.45) is 23.0 Å². The van der Waals surface area contributed by atoms with Gasteiger partial charge in [0.1, 0.15) is 0 Å². The first-order valence-corrected chi connectivity index (χ1v) is 6.45. The number of rotatable bonds is 4. The van der Waals surface area contributed by atoms with Crippen LogP contribution < -0.4 is 5.73 Å². The highest BCUT2D eigenvalue weighted by Gasteiger charge is 2.44. The SMILES string of the molecule is CCC(N)C1(CCO)CCCC(C)C1C. The highest BCUT2D eigenvalue weighted by atomic mass is 16.3. The standard InChI is InChI=1S/C13H27NO/c1-4-12(14)13(8-9-15)7-5-6-10(2)11(13)3/h10-12,15H,4-9,14H2,1-3H3. The van der Waals surface area contributed by atoms with Crippen LogP contribution in [-0.2, 0) is 0 Å². The first-order valence-electron chi connectivity index (χ1n) is 6.45. The Hall–Kier alpha value is -0.0800. The lowest BCUT2D eigenvalue weighted by atomic mass is 9.57. The summed E-state index contributed by atoms with van der Waals surface area (Å²) in [6.07, 6.45) is 5.71. The van der Waals surface area contributed by atoms with Crippen molar-refractivity contribution in [2.75, 3.05) is 6.61 Å². The molecule has 1 aliphatic carbocycles. The Balaban J connectivity index is 2.86. The Labute approximate surface area is 94.2 Å². The molecule has 0 spiro atoms. The van der Waals surface area contributed by atoms with Crippen LogP contribution in [0, 0.1) is 17.3 Å². The average molecular weight is 213 g/mol. The molecular weight excluding hydrogens is 186 g/mol. The lowest BCUT2D eigenvalue weighted by Gasteiger charge is -2.49. The quantitative estimate of drug-likeness (QED) is 0.754. The summed E-state index contributed by atoms with van der Waals surface area (Å²) in [5, 5.41) is 9.28. The van der Waals surface area contributed by atoms with E-state index in [1.807, 2.05) is 0 Å². The van der Waals surface area contributed by atoms with Gasteiger partial charge in [-0.05, 0) is 36.5 Å². The predicted molar refractivity (Wildman–Crippen MR) is 64.6 cm³/mol. The zero-order chi connectivity index (χ0) is 11.5. The summed E-state index contributed by atoms with van der Waals surface area (Å²) in [6, 6.07) is 0.252. The number of nitrogens with two attached hydrogens (primary N) is 1. The van der Waals surface area contributed by atoms with Crippen LogP contribution in [0.4, 0.5) is 0 Å². The van der Waals surface area contributed by atoms with Gasteiger partial charge in [-0.25, -0.2) is 0 Å². The normalized spacial score (nSPS) is 39.0. The summed E-state index contributed by atoms with van der Waals surface area (Å²) < 4.78 is 0. The van der Waals surface area contributed by atoms with Crippen molar-refractivity contribution in [1.29, 1.82) is 0 Å². The molecule has 2 nitrogen and oxygen atoms in total. The molecule has 4 atom stereocenters. The third-order valence-corrected chi connectivity index (χ3v) is 4.82. The highest BCUT2D eigenvalue weighted by Crippen LogP contribution is 2.48. The highest BCUT2D eigenvalue weighted by molar-refractivity contribution is 4.96. The first kappa shape index (κ1) is 13.0. The van der Waals surface area contributed by atoms with Gasteiger partial charge in [0.15, 0.2) is 0 Å². The second kappa shape index (κ2) is 5.31. The van der Waals surface area contributed by atoms with Gasteiger partial charge in [-0.1, -0.05) is 33.6 Å². The molecular formula is C13H27NO. The number of hydrogen-bond acceptors (Lipinski definition) is 2. The van der Waals surface area contributed by atoms with E-state index in [0.717, 1.165) is 18.8 Å². The fourth-order valence-corrected chi connectivity index (χ4v) is 3.47. The Morgan fingerprint density at radius 2 is 2.13 bits per heavy atom. The van der Waals surface area contributed by atoms with Crippen LogP contribution in [0.15, 0.2) is 0 Å². The van der Waals surface area contributed by atoms with Crippen LogP contribution in [0.1, 0.15) is 52.9 Å². The van der Waals surface area contributed by atoms with Gasteiger partial charge < -0.3 is 10.8 Å². The second-order valence-electron chi connectivity index (χ2n) is 5.38. The Kier molecular flexibility index (Phi) is 4.60. The largest absolute Gasteiger partial charge is 0.396 e. The van der Waals surface area contributed by atoms with E-state index >= 15 is 0 Å². The van der Waals surface area contributed by atoms with Crippen molar-refractivity contribution < 1.29 is 5.11 Å². The molecule has 0 heterocycles. The van der Waals surface area contributed by atoms with Gasteiger partial charge in [-0.15, -0.1) is 0 Å². The molecule has 0 radical (unpaired) electrons. The summed E-state index contributed by atoms with van der Waals surface area (Å²) >= 11 is 0. The molecule has 1 rings (SSSR count). The molecule has 4 unspecified atom stereocenters. The molecule has 0 amide bonds. The molecule has 0 bridgehead atoms. The van der Waals surface area contributed by atoms with E-state index in [1.165, 1.54) is 19.3 Å². The van der Waals surface area contributed by atoms with Crippen molar-refractivity contribution in [3.63, 3.8) is 0 Å². The maximum Gasteiger partial charge on any atom is 0.0437 e. The van der Waals surface area contributed by atoms with Gasteiger partial charge in [-0.3, -0.25) is 0 Å². The van der Waals surface area contributed by atoms with Gasteiger partial charge in [0, 0.05) is 12.6 Å². The van der Waals surface area contributed by atoms with Crippen molar-refractivity contribution in [3.05, 3.63) is 0 Å². The summed E-state index contributed by atoms with van der Waals surface area (Å²) in [4.78, 5) is 0.